The zero-order chi connectivity index (χ0) is 14.0. The highest BCUT2D eigenvalue weighted by atomic mass is 15.1. The van der Waals surface area contributed by atoms with Crippen molar-refractivity contribution >= 4 is 0 Å². The fraction of sp³-hybridized carbons (Fsp3) is 0.353. The molecule has 0 fully saturated rings. The van der Waals surface area contributed by atoms with Crippen LogP contribution >= 0.6 is 0 Å². The summed E-state index contributed by atoms with van der Waals surface area (Å²) in [6, 6.07) is 14.7. The monoisotopic (exact) mass is 269 g/mol. The Labute approximate surface area is 121 Å². The molecule has 0 unspecified atom stereocenters. The SMILES string of the molecule is CN(CCCNCc1ccncc1)Cc1ccccc1. The van der Waals surface area contributed by atoms with E-state index in [2.05, 4.69) is 64.7 Å². The summed E-state index contributed by atoms with van der Waals surface area (Å²) in [7, 11) is 2.18. The summed E-state index contributed by atoms with van der Waals surface area (Å²) in [4.78, 5) is 6.38. The van der Waals surface area contributed by atoms with E-state index in [9.17, 15) is 0 Å². The molecule has 0 radical (unpaired) electrons. The van der Waals surface area contributed by atoms with Crippen molar-refractivity contribution in [2.45, 2.75) is 19.5 Å². The van der Waals surface area contributed by atoms with Crippen LogP contribution in [0.15, 0.2) is 54.9 Å². The standard InChI is InChI=1S/C17H23N3/c1-20(15-17-6-3-2-4-7-17)13-5-10-19-14-16-8-11-18-12-9-16/h2-4,6-9,11-12,19H,5,10,13-15H2,1H3. The van der Waals surface area contributed by atoms with E-state index in [1.54, 1.807) is 0 Å². The first-order chi connectivity index (χ1) is 9.84. The van der Waals surface area contributed by atoms with E-state index < -0.39 is 0 Å². The number of rotatable bonds is 8. The molecule has 2 rings (SSSR count). The molecule has 0 aliphatic heterocycles. The molecule has 0 aliphatic carbocycles. The van der Waals surface area contributed by atoms with Gasteiger partial charge in [-0.15, -0.1) is 0 Å². The van der Waals surface area contributed by atoms with Gasteiger partial charge in [-0.2, -0.15) is 0 Å². The van der Waals surface area contributed by atoms with Crippen LogP contribution in [-0.4, -0.2) is 30.0 Å². The van der Waals surface area contributed by atoms with Crippen molar-refractivity contribution in [2.24, 2.45) is 0 Å². The van der Waals surface area contributed by atoms with Crippen molar-refractivity contribution in [2.75, 3.05) is 20.1 Å². The Kier molecular flexibility index (Phi) is 6.21. The number of nitrogens with one attached hydrogen (secondary N) is 1. The Bertz CT molecular complexity index is 470. The second-order valence-corrected chi connectivity index (χ2v) is 5.11. The second kappa shape index (κ2) is 8.46. The molecule has 3 nitrogen and oxygen atoms in total. The van der Waals surface area contributed by atoms with Gasteiger partial charge in [0.05, 0.1) is 0 Å². The van der Waals surface area contributed by atoms with Gasteiger partial charge in [-0.1, -0.05) is 30.3 Å². The molecule has 1 N–H and O–H groups in total. The summed E-state index contributed by atoms with van der Waals surface area (Å²) < 4.78 is 0. The summed E-state index contributed by atoms with van der Waals surface area (Å²) in [5, 5.41) is 3.47. The molecule has 106 valence electrons. The molecule has 1 aromatic carbocycles. The van der Waals surface area contributed by atoms with Crippen molar-refractivity contribution in [3.8, 4) is 0 Å². The first kappa shape index (κ1) is 14.7. The van der Waals surface area contributed by atoms with Gasteiger partial charge in [0.1, 0.15) is 0 Å². The zero-order valence-electron chi connectivity index (χ0n) is 12.1. The molecule has 2 aromatic rings. The molecule has 3 heteroatoms. The van der Waals surface area contributed by atoms with E-state index in [0.717, 1.165) is 32.6 Å². The van der Waals surface area contributed by atoms with Gasteiger partial charge in [0, 0.05) is 25.5 Å². The Hall–Kier alpha value is -1.71. The van der Waals surface area contributed by atoms with Crippen molar-refractivity contribution in [3.63, 3.8) is 0 Å². The van der Waals surface area contributed by atoms with Crippen molar-refractivity contribution < 1.29 is 0 Å². The Morgan fingerprint density at radius 3 is 2.50 bits per heavy atom. The third-order valence-corrected chi connectivity index (χ3v) is 3.27. The molecule has 0 aliphatic rings. The second-order valence-electron chi connectivity index (χ2n) is 5.11. The lowest BCUT2D eigenvalue weighted by molar-refractivity contribution is 0.319. The molecule has 0 bridgehead atoms. The lowest BCUT2D eigenvalue weighted by Gasteiger charge is -2.16. The predicted octanol–water partition coefficient (Wildman–Crippen LogP) is 2.69. The third kappa shape index (κ3) is 5.51. The molecular weight excluding hydrogens is 246 g/mol. The highest BCUT2D eigenvalue weighted by molar-refractivity contribution is 5.14. The maximum absolute atomic E-state index is 4.02. The summed E-state index contributed by atoms with van der Waals surface area (Å²) in [6.45, 7) is 4.09. The van der Waals surface area contributed by atoms with Gasteiger partial charge in [-0.05, 0) is 49.8 Å². The van der Waals surface area contributed by atoms with Crippen LogP contribution in [0.2, 0.25) is 0 Å². The van der Waals surface area contributed by atoms with E-state index in [0.29, 0.717) is 0 Å². The molecule has 0 atom stereocenters. The van der Waals surface area contributed by atoms with Crippen LogP contribution in [0.4, 0.5) is 0 Å². The van der Waals surface area contributed by atoms with E-state index >= 15 is 0 Å². The van der Waals surface area contributed by atoms with E-state index in [1.807, 2.05) is 12.4 Å². The number of aromatic nitrogens is 1. The van der Waals surface area contributed by atoms with Gasteiger partial charge in [-0.25, -0.2) is 0 Å². The highest BCUT2D eigenvalue weighted by Gasteiger charge is 1.99. The van der Waals surface area contributed by atoms with Crippen LogP contribution in [0.25, 0.3) is 0 Å². The molecule has 0 saturated heterocycles. The third-order valence-electron chi connectivity index (χ3n) is 3.27. The smallest absolute Gasteiger partial charge is 0.0271 e. The molecule has 1 aromatic heterocycles. The van der Waals surface area contributed by atoms with Gasteiger partial charge in [0.2, 0.25) is 0 Å². The molecule has 1 heterocycles. The fourth-order valence-corrected chi connectivity index (χ4v) is 2.18. The first-order valence-electron chi connectivity index (χ1n) is 7.16. The minimum absolute atomic E-state index is 0.922. The van der Waals surface area contributed by atoms with Crippen molar-refractivity contribution in [1.29, 1.82) is 0 Å². The van der Waals surface area contributed by atoms with Gasteiger partial charge in [0.25, 0.3) is 0 Å². The predicted molar refractivity (Wildman–Crippen MR) is 83.3 cm³/mol. The minimum atomic E-state index is 0.922. The van der Waals surface area contributed by atoms with Crippen LogP contribution < -0.4 is 5.32 Å². The zero-order valence-corrected chi connectivity index (χ0v) is 12.1. The molecule has 0 spiro atoms. The van der Waals surface area contributed by atoms with Crippen molar-refractivity contribution in [1.82, 2.24) is 15.2 Å². The molecule has 0 saturated carbocycles. The summed E-state index contributed by atoms with van der Waals surface area (Å²) >= 11 is 0. The number of hydrogen-bond acceptors (Lipinski definition) is 3. The first-order valence-corrected chi connectivity index (χ1v) is 7.16. The quantitative estimate of drug-likeness (QED) is 0.747. The lowest BCUT2D eigenvalue weighted by atomic mass is 10.2. The normalized spacial score (nSPS) is 10.9. The van der Waals surface area contributed by atoms with Gasteiger partial charge in [-0.3, -0.25) is 4.98 Å². The van der Waals surface area contributed by atoms with E-state index in [1.165, 1.54) is 11.1 Å². The number of nitrogens with zero attached hydrogens (tertiary/aromatic N) is 2. The fourth-order valence-electron chi connectivity index (χ4n) is 2.18. The molecule has 20 heavy (non-hydrogen) atoms. The topological polar surface area (TPSA) is 28.2 Å². The van der Waals surface area contributed by atoms with Crippen molar-refractivity contribution in [3.05, 3.63) is 66.0 Å². The Morgan fingerprint density at radius 2 is 1.75 bits per heavy atom. The van der Waals surface area contributed by atoms with Gasteiger partial charge < -0.3 is 10.2 Å². The largest absolute Gasteiger partial charge is 0.313 e. The average Bonchev–Trinajstić information content (AvgIpc) is 2.49. The minimum Gasteiger partial charge on any atom is -0.313 e. The van der Waals surface area contributed by atoms with Gasteiger partial charge >= 0.3 is 0 Å². The van der Waals surface area contributed by atoms with E-state index in [-0.39, 0.29) is 0 Å². The maximum atomic E-state index is 4.02. The summed E-state index contributed by atoms with van der Waals surface area (Å²) in [5.41, 5.74) is 2.66. The highest BCUT2D eigenvalue weighted by Crippen LogP contribution is 2.02. The number of pyridine rings is 1. The van der Waals surface area contributed by atoms with Crippen LogP contribution in [0, 0.1) is 0 Å². The van der Waals surface area contributed by atoms with E-state index in [4.69, 9.17) is 0 Å². The average molecular weight is 269 g/mol. The number of hydrogen-bond donors (Lipinski definition) is 1. The van der Waals surface area contributed by atoms with Crippen LogP contribution in [0.3, 0.4) is 0 Å². The Morgan fingerprint density at radius 1 is 1.00 bits per heavy atom. The maximum Gasteiger partial charge on any atom is 0.0271 e. The molecule has 0 amide bonds. The van der Waals surface area contributed by atoms with Crippen LogP contribution in [0.5, 0.6) is 0 Å². The lowest BCUT2D eigenvalue weighted by Crippen LogP contribution is -2.23. The van der Waals surface area contributed by atoms with Crippen LogP contribution in [0.1, 0.15) is 17.5 Å². The van der Waals surface area contributed by atoms with Crippen LogP contribution in [-0.2, 0) is 13.1 Å². The molecular formula is C17H23N3. The summed E-state index contributed by atoms with van der Waals surface area (Å²) in [5.74, 6) is 0. The number of benzene rings is 1. The summed E-state index contributed by atoms with van der Waals surface area (Å²) in [6.07, 6.45) is 4.84. The Balaban J connectivity index is 1.57. The van der Waals surface area contributed by atoms with Gasteiger partial charge in [0.15, 0.2) is 0 Å².